The fourth-order valence-electron chi connectivity index (χ4n) is 1.98. The summed E-state index contributed by atoms with van der Waals surface area (Å²) < 4.78 is 0. The lowest BCUT2D eigenvalue weighted by molar-refractivity contribution is -0.161. The minimum atomic E-state index is -2.48. The van der Waals surface area contributed by atoms with Crippen molar-refractivity contribution in [3.05, 3.63) is 47.4 Å². The first kappa shape index (κ1) is 13.3. The lowest BCUT2D eigenvalue weighted by Gasteiger charge is -2.33. The summed E-state index contributed by atoms with van der Waals surface area (Å²) in [7, 11) is 0. The lowest BCUT2D eigenvalue weighted by Crippen LogP contribution is -2.58. The Kier molecular flexibility index (Phi) is 3.13. The molecule has 0 heterocycles. The lowest BCUT2D eigenvalue weighted by atomic mass is 9.78. The SMILES string of the molecule is O=C1C(O)=C(O)C(=O)C(O)(Cc2ccccc2)C1O. The summed E-state index contributed by atoms with van der Waals surface area (Å²) in [4.78, 5) is 23.2. The highest BCUT2D eigenvalue weighted by molar-refractivity contribution is 6.15. The quantitative estimate of drug-likeness (QED) is 0.588. The van der Waals surface area contributed by atoms with Gasteiger partial charge >= 0.3 is 0 Å². The normalized spacial score (nSPS) is 27.8. The monoisotopic (exact) mass is 264 g/mol. The second-order valence-electron chi connectivity index (χ2n) is 4.38. The van der Waals surface area contributed by atoms with Crippen molar-refractivity contribution in [1.29, 1.82) is 0 Å². The molecule has 0 saturated carbocycles. The molecule has 2 unspecified atom stereocenters. The van der Waals surface area contributed by atoms with Crippen LogP contribution in [0, 0.1) is 0 Å². The molecule has 0 aliphatic heterocycles. The van der Waals surface area contributed by atoms with Crippen molar-refractivity contribution in [3.63, 3.8) is 0 Å². The fourth-order valence-corrected chi connectivity index (χ4v) is 1.98. The highest BCUT2D eigenvalue weighted by Gasteiger charge is 2.54. The number of Topliss-reactive ketones (excluding diaryl/α,β-unsaturated/α-hetero) is 2. The summed E-state index contributed by atoms with van der Waals surface area (Å²) in [6.45, 7) is 0. The van der Waals surface area contributed by atoms with Gasteiger partial charge in [0.05, 0.1) is 0 Å². The van der Waals surface area contributed by atoms with Crippen molar-refractivity contribution in [2.75, 3.05) is 0 Å². The molecule has 100 valence electrons. The summed E-state index contributed by atoms with van der Waals surface area (Å²) in [6, 6.07) is 8.23. The van der Waals surface area contributed by atoms with Crippen LogP contribution >= 0.6 is 0 Å². The largest absolute Gasteiger partial charge is 0.502 e. The van der Waals surface area contributed by atoms with Crippen molar-refractivity contribution in [2.24, 2.45) is 0 Å². The van der Waals surface area contributed by atoms with Crippen LogP contribution in [-0.4, -0.2) is 43.7 Å². The van der Waals surface area contributed by atoms with E-state index in [2.05, 4.69) is 0 Å². The van der Waals surface area contributed by atoms with Gasteiger partial charge in [-0.2, -0.15) is 0 Å². The molecule has 1 aliphatic carbocycles. The van der Waals surface area contributed by atoms with Crippen molar-refractivity contribution in [1.82, 2.24) is 0 Å². The molecule has 0 amide bonds. The zero-order valence-corrected chi connectivity index (χ0v) is 9.78. The van der Waals surface area contributed by atoms with E-state index in [0.29, 0.717) is 5.56 Å². The Morgan fingerprint density at radius 1 is 1.05 bits per heavy atom. The Balaban J connectivity index is 2.43. The highest BCUT2D eigenvalue weighted by atomic mass is 16.4. The Morgan fingerprint density at radius 2 is 1.63 bits per heavy atom. The zero-order valence-electron chi connectivity index (χ0n) is 9.78. The van der Waals surface area contributed by atoms with Gasteiger partial charge in [-0.15, -0.1) is 0 Å². The summed E-state index contributed by atoms with van der Waals surface area (Å²) in [6.07, 6.45) is -2.46. The number of benzene rings is 1. The highest BCUT2D eigenvalue weighted by Crippen LogP contribution is 2.29. The summed E-state index contributed by atoms with van der Waals surface area (Å²) in [5.74, 6) is -5.01. The topological polar surface area (TPSA) is 115 Å². The molecule has 1 aromatic rings. The van der Waals surface area contributed by atoms with Crippen LogP contribution in [0.5, 0.6) is 0 Å². The van der Waals surface area contributed by atoms with E-state index in [1.54, 1.807) is 30.3 Å². The Labute approximate surface area is 108 Å². The van der Waals surface area contributed by atoms with E-state index in [9.17, 15) is 30.0 Å². The van der Waals surface area contributed by atoms with Gasteiger partial charge < -0.3 is 20.4 Å². The van der Waals surface area contributed by atoms with Crippen molar-refractivity contribution >= 4 is 11.6 Å². The third-order valence-corrected chi connectivity index (χ3v) is 3.08. The minimum absolute atomic E-state index is 0.350. The number of ketones is 2. The number of carbonyl (C=O) groups is 2. The van der Waals surface area contributed by atoms with Gasteiger partial charge in [-0.25, -0.2) is 0 Å². The molecule has 0 saturated heterocycles. The summed E-state index contributed by atoms with van der Waals surface area (Å²) in [5, 5.41) is 38.4. The van der Waals surface area contributed by atoms with E-state index in [1.807, 2.05) is 0 Å². The van der Waals surface area contributed by atoms with Crippen molar-refractivity contribution < 1.29 is 30.0 Å². The maximum atomic E-state index is 11.8. The van der Waals surface area contributed by atoms with Crippen molar-refractivity contribution in [3.8, 4) is 0 Å². The van der Waals surface area contributed by atoms with Crippen LogP contribution in [0.4, 0.5) is 0 Å². The fraction of sp³-hybridized carbons (Fsp3) is 0.231. The molecule has 19 heavy (non-hydrogen) atoms. The number of hydrogen-bond donors (Lipinski definition) is 4. The van der Waals surface area contributed by atoms with E-state index in [0.717, 1.165) is 0 Å². The zero-order chi connectivity index (χ0) is 14.2. The average molecular weight is 264 g/mol. The van der Waals surface area contributed by atoms with Crippen LogP contribution < -0.4 is 0 Å². The molecule has 0 spiro atoms. The number of carbonyl (C=O) groups excluding carboxylic acids is 2. The van der Waals surface area contributed by atoms with Gasteiger partial charge in [0.1, 0.15) is 0 Å². The van der Waals surface area contributed by atoms with Crippen LogP contribution in [0.25, 0.3) is 0 Å². The second-order valence-corrected chi connectivity index (χ2v) is 4.38. The van der Waals surface area contributed by atoms with E-state index < -0.39 is 34.8 Å². The van der Waals surface area contributed by atoms with Gasteiger partial charge in [0.25, 0.3) is 0 Å². The van der Waals surface area contributed by atoms with E-state index >= 15 is 0 Å². The standard InChI is InChI=1S/C13H12O6/c14-8-9(15)11(17)13(19,12(18)10(8)16)6-7-4-2-1-3-5-7/h1-5,11,14,16-17,19H,6H2. The predicted molar refractivity (Wildman–Crippen MR) is 63.4 cm³/mol. The molecule has 4 N–H and O–H groups in total. The molecule has 1 aliphatic rings. The van der Waals surface area contributed by atoms with Gasteiger partial charge in [0.15, 0.2) is 11.7 Å². The van der Waals surface area contributed by atoms with Crippen LogP contribution in [0.1, 0.15) is 5.56 Å². The first-order valence-electron chi connectivity index (χ1n) is 5.53. The molecule has 6 nitrogen and oxygen atoms in total. The molecule has 0 aromatic heterocycles. The predicted octanol–water partition coefficient (Wildman–Crippen LogP) is -0.200. The average Bonchev–Trinajstić information content (AvgIpc) is 2.43. The van der Waals surface area contributed by atoms with E-state index in [1.165, 1.54) is 0 Å². The number of aliphatic hydroxyl groups excluding tert-OH is 3. The second kappa shape index (κ2) is 4.49. The minimum Gasteiger partial charge on any atom is -0.502 e. The van der Waals surface area contributed by atoms with Gasteiger partial charge in [-0.1, -0.05) is 30.3 Å². The molecule has 6 heteroatoms. The molecular weight excluding hydrogens is 252 g/mol. The van der Waals surface area contributed by atoms with Gasteiger partial charge in [-0.05, 0) is 5.56 Å². The Morgan fingerprint density at radius 3 is 2.21 bits per heavy atom. The van der Waals surface area contributed by atoms with Crippen LogP contribution in [-0.2, 0) is 16.0 Å². The molecule has 0 radical (unpaired) electrons. The molecule has 2 atom stereocenters. The van der Waals surface area contributed by atoms with Gasteiger partial charge in [0.2, 0.25) is 23.1 Å². The maximum Gasteiger partial charge on any atom is 0.236 e. The van der Waals surface area contributed by atoms with Crippen LogP contribution in [0.2, 0.25) is 0 Å². The number of rotatable bonds is 2. The smallest absolute Gasteiger partial charge is 0.236 e. The van der Waals surface area contributed by atoms with Crippen molar-refractivity contribution in [2.45, 2.75) is 18.1 Å². The molecule has 2 rings (SSSR count). The summed E-state index contributed by atoms with van der Waals surface area (Å²) in [5.41, 5.74) is -1.98. The van der Waals surface area contributed by atoms with Gasteiger partial charge in [0, 0.05) is 6.42 Å². The van der Waals surface area contributed by atoms with E-state index in [4.69, 9.17) is 0 Å². The van der Waals surface area contributed by atoms with Gasteiger partial charge in [-0.3, -0.25) is 9.59 Å². The Bertz CT molecular complexity index is 562. The maximum absolute atomic E-state index is 11.8. The molecule has 1 aromatic carbocycles. The van der Waals surface area contributed by atoms with Crippen LogP contribution in [0.15, 0.2) is 41.9 Å². The van der Waals surface area contributed by atoms with Crippen LogP contribution in [0.3, 0.4) is 0 Å². The third-order valence-electron chi connectivity index (χ3n) is 3.08. The van der Waals surface area contributed by atoms with E-state index in [-0.39, 0.29) is 6.42 Å². The Hall–Kier alpha value is -2.18. The first-order valence-corrected chi connectivity index (χ1v) is 5.53. The summed E-state index contributed by atoms with van der Waals surface area (Å²) >= 11 is 0. The molecule has 0 fully saturated rings. The molecule has 0 bridgehead atoms. The number of hydrogen-bond acceptors (Lipinski definition) is 6. The third kappa shape index (κ3) is 2.00. The number of aliphatic hydroxyl groups is 4. The molecular formula is C13H12O6. The first-order chi connectivity index (χ1) is 8.88.